The van der Waals surface area contributed by atoms with Gasteiger partial charge in [0, 0.05) is 19.0 Å². The van der Waals surface area contributed by atoms with Crippen molar-refractivity contribution in [3.05, 3.63) is 0 Å². The molecule has 3 heteroatoms. The molecule has 82 valence electrons. The lowest BCUT2D eigenvalue weighted by atomic mass is 10.0. The maximum Gasteiger partial charge on any atom is 0.156 e. The summed E-state index contributed by atoms with van der Waals surface area (Å²) < 4.78 is 5.32. The highest BCUT2D eigenvalue weighted by Crippen LogP contribution is 2.31. The largest absolute Gasteiger partial charge is 0.368 e. The summed E-state index contributed by atoms with van der Waals surface area (Å²) in [5.41, 5.74) is 0. The van der Waals surface area contributed by atoms with Gasteiger partial charge in [0.25, 0.3) is 0 Å². The van der Waals surface area contributed by atoms with E-state index in [0.29, 0.717) is 6.04 Å². The minimum Gasteiger partial charge on any atom is -0.368 e. The van der Waals surface area contributed by atoms with Crippen molar-refractivity contribution in [2.75, 3.05) is 13.6 Å². The average molecular weight is 199 g/mol. The lowest BCUT2D eigenvalue weighted by Crippen LogP contribution is -2.43. The molecule has 0 bridgehead atoms. The Bertz CT molecular complexity index is 184. The lowest BCUT2D eigenvalue weighted by Gasteiger charge is -2.36. The minimum atomic E-state index is -0.551. The SMILES string of the molecule is CC1CC(N(C)CC2CC2)CC(O)O1. The van der Waals surface area contributed by atoms with Crippen molar-refractivity contribution in [1.29, 1.82) is 0 Å². The van der Waals surface area contributed by atoms with Gasteiger partial charge in [0.05, 0.1) is 6.10 Å². The van der Waals surface area contributed by atoms with Crippen molar-refractivity contribution in [3.8, 4) is 0 Å². The van der Waals surface area contributed by atoms with E-state index in [1.54, 1.807) is 0 Å². The molecule has 1 saturated heterocycles. The van der Waals surface area contributed by atoms with Gasteiger partial charge in [0.1, 0.15) is 0 Å². The fourth-order valence-corrected chi connectivity index (χ4v) is 2.31. The number of nitrogens with zero attached hydrogens (tertiary/aromatic N) is 1. The summed E-state index contributed by atoms with van der Waals surface area (Å²) in [5, 5.41) is 9.50. The second kappa shape index (κ2) is 4.17. The van der Waals surface area contributed by atoms with Gasteiger partial charge in [-0.3, -0.25) is 0 Å². The van der Waals surface area contributed by atoms with Gasteiger partial charge in [0.2, 0.25) is 0 Å². The topological polar surface area (TPSA) is 32.7 Å². The van der Waals surface area contributed by atoms with Crippen LogP contribution in [0.3, 0.4) is 0 Å². The van der Waals surface area contributed by atoms with Crippen LogP contribution >= 0.6 is 0 Å². The molecule has 1 heterocycles. The summed E-state index contributed by atoms with van der Waals surface area (Å²) in [6.45, 7) is 3.24. The second-order valence-electron chi connectivity index (χ2n) is 4.91. The Morgan fingerprint density at radius 1 is 1.36 bits per heavy atom. The maximum absolute atomic E-state index is 9.50. The zero-order valence-electron chi connectivity index (χ0n) is 9.15. The van der Waals surface area contributed by atoms with Crippen LogP contribution in [0.4, 0.5) is 0 Å². The summed E-state index contributed by atoms with van der Waals surface area (Å²) >= 11 is 0. The predicted molar refractivity (Wildman–Crippen MR) is 54.9 cm³/mol. The minimum absolute atomic E-state index is 0.199. The third-order valence-electron chi connectivity index (χ3n) is 3.33. The van der Waals surface area contributed by atoms with E-state index in [0.717, 1.165) is 18.8 Å². The highest BCUT2D eigenvalue weighted by Gasteiger charge is 2.31. The molecule has 3 unspecified atom stereocenters. The van der Waals surface area contributed by atoms with Crippen LogP contribution in [0.5, 0.6) is 0 Å². The average Bonchev–Trinajstić information content (AvgIpc) is 2.86. The van der Waals surface area contributed by atoms with E-state index < -0.39 is 6.29 Å². The molecule has 2 rings (SSSR count). The van der Waals surface area contributed by atoms with Crippen LogP contribution in [0, 0.1) is 5.92 Å². The third-order valence-corrected chi connectivity index (χ3v) is 3.33. The van der Waals surface area contributed by atoms with Crippen molar-refractivity contribution in [1.82, 2.24) is 4.90 Å². The second-order valence-corrected chi connectivity index (χ2v) is 4.91. The molecule has 2 fully saturated rings. The number of hydrogen-bond donors (Lipinski definition) is 1. The van der Waals surface area contributed by atoms with Gasteiger partial charge in [-0.1, -0.05) is 0 Å². The first-order valence-electron chi connectivity index (χ1n) is 5.69. The Labute approximate surface area is 86.0 Å². The highest BCUT2D eigenvalue weighted by atomic mass is 16.6. The summed E-state index contributed by atoms with van der Waals surface area (Å²) in [6, 6.07) is 0.509. The van der Waals surface area contributed by atoms with Gasteiger partial charge in [-0.15, -0.1) is 0 Å². The monoisotopic (exact) mass is 199 g/mol. The Morgan fingerprint density at radius 3 is 2.64 bits per heavy atom. The third kappa shape index (κ3) is 2.69. The fourth-order valence-electron chi connectivity index (χ4n) is 2.31. The first kappa shape index (κ1) is 10.4. The predicted octanol–water partition coefficient (Wildman–Crippen LogP) is 1.21. The van der Waals surface area contributed by atoms with Crippen LogP contribution in [0.1, 0.15) is 32.6 Å². The maximum atomic E-state index is 9.50. The summed E-state index contributed by atoms with van der Waals surface area (Å²) in [4.78, 5) is 2.40. The molecular weight excluding hydrogens is 178 g/mol. The van der Waals surface area contributed by atoms with Crippen molar-refractivity contribution in [2.45, 2.75) is 51.0 Å². The quantitative estimate of drug-likeness (QED) is 0.741. The molecule has 3 atom stereocenters. The fraction of sp³-hybridized carbons (Fsp3) is 1.00. The van der Waals surface area contributed by atoms with Crippen LogP contribution < -0.4 is 0 Å². The lowest BCUT2D eigenvalue weighted by molar-refractivity contribution is -0.173. The first-order chi connectivity index (χ1) is 6.65. The zero-order chi connectivity index (χ0) is 10.1. The normalized spacial score (nSPS) is 39.0. The Hall–Kier alpha value is -0.120. The van der Waals surface area contributed by atoms with Gasteiger partial charge in [-0.2, -0.15) is 0 Å². The van der Waals surface area contributed by atoms with Crippen LogP contribution in [0.15, 0.2) is 0 Å². The van der Waals surface area contributed by atoms with Crippen LogP contribution in [-0.2, 0) is 4.74 Å². The molecule has 1 saturated carbocycles. The molecule has 14 heavy (non-hydrogen) atoms. The van der Waals surface area contributed by atoms with Crippen molar-refractivity contribution in [2.24, 2.45) is 5.92 Å². The van der Waals surface area contributed by atoms with E-state index in [-0.39, 0.29) is 6.10 Å². The van der Waals surface area contributed by atoms with Gasteiger partial charge in [-0.05, 0) is 39.2 Å². The summed E-state index contributed by atoms with van der Waals surface area (Å²) in [5.74, 6) is 0.926. The molecule has 3 nitrogen and oxygen atoms in total. The van der Waals surface area contributed by atoms with Crippen LogP contribution in [-0.4, -0.2) is 42.0 Å². The van der Waals surface area contributed by atoms with E-state index in [4.69, 9.17) is 4.74 Å². The molecule has 1 aliphatic heterocycles. The number of aliphatic hydroxyl groups excluding tert-OH is 1. The smallest absolute Gasteiger partial charge is 0.156 e. The van der Waals surface area contributed by atoms with E-state index in [1.807, 2.05) is 6.92 Å². The van der Waals surface area contributed by atoms with Gasteiger partial charge in [0.15, 0.2) is 6.29 Å². The number of ether oxygens (including phenoxy) is 1. The van der Waals surface area contributed by atoms with Crippen molar-refractivity contribution in [3.63, 3.8) is 0 Å². The van der Waals surface area contributed by atoms with Crippen molar-refractivity contribution < 1.29 is 9.84 Å². The number of aliphatic hydroxyl groups is 1. The van der Waals surface area contributed by atoms with Gasteiger partial charge >= 0.3 is 0 Å². The molecule has 1 aliphatic carbocycles. The highest BCUT2D eigenvalue weighted by molar-refractivity contribution is 4.82. The Kier molecular flexibility index (Phi) is 3.10. The van der Waals surface area contributed by atoms with E-state index >= 15 is 0 Å². The zero-order valence-corrected chi connectivity index (χ0v) is 9.15. The molecule has 2 aliphatic rings. The van der Waals surface area contributed by atoms with Crippen LogP contribution in [0.25, 0.3) is 0 Å². The molecule has 0 amide bonds. The standard InChI is InChI=1S/C11H21NO2/c1-8-5-10(6-11(13)14-8)12(2)7-9-3-4-9/h8-11,13H,3-7H2,1-2H3. The van der Waals surface area contributed by atoms with Crippen LogP contribution in [0.2, 0.25) is 0 Å². The Morgan fingerprint density at radius 2 is 2.07 bits per heavy atom. The summed E-state index contributed by atoms with van der Waals surface area (Å²) in [6.07, 6.45) is 4.27. The Balaban J connectivity index is 1.81. The molecular formula is C11H21NO2. The first-order valence-corrected chi connectivity index (χ1v) is 5.69. The molecule has 0 spiro atoms. The number of rotatable bonds is 3. The molecule has 0 aromatic carbocycles. The van der Waals surface area contributed by atoms with E-state index in [9.17, 15) is 5.11 Å². The van der Waals surface area contributed by atoms with Gasteiger partial charge in [-0.25, -0.2) is 0 Å². The summed E-state index contributed by atoms with van der Waals surface area (Å²) in [7, 11) is 2.17. The van der Waals surface area contributed by atoms with Crippen molar-refractivity contribution >= 4 is 0 Å². The number of hydrogen-bond acceptors (Lipinski definition) is 3. The van der Waals surface area contributed by atoms with Gasteiger partial charge < -0.3 is 14.7 Å². The molecule has 0 aromatic rings. The molecule has 1 N–H and O–H groups in total. The molecule has 0 radical (unpaired) electrons. The van der Waals surface area contributed by atoms with E-state index in [1.165, 1.54) is 19.4 Å². The van der Waals surface area contributed by atoms with E-state index in [2.05, 4.69) is 11.9 Å². The molecule has 0 aromatic heterocycles.